The third kappa shape index (κ3) is 2.01. The van der Waals surface area contributed by atoms with Crippen LogP contribution in [0.25, 0.3) is 21.9 Å². The van der Waals surface area contributed by atoms with Crippen molar-refractivity contribution in [1.29, 1.82) is 0 Å². The number of aromatic hydroxyl groups is 1. The molecule has 5 nitrogen and oxygen atoms in total. The molecule has 3 rings (SSSR count). The zero-order valence-corrected chi connectivity index (χ0v) is 12.6. The van der Waals surface area contributed by atoms with Crippen LogP contribution in [-0.4, -0.2) is 29.2 Å². The zero-order valence-electron chi connectivity index (χ0n) is 11.9. The van der Waals surface area contributed by atoms with E-state index >= 15 is 0 Å². The number of H-pyrrole nitrogens is 1. The second-order valence-electron chi connectivity index (χ2n) is 5.19. The molecule has 0 fully saturated rings. The van der Waals surface area contributed by atoms with Gasteiger partial charge >= 0.3 is 0 Å². The van der Waals surface area contributed by atoms with E-state index in [1.807, 2.05) is 27.1 Å². The van der Waals surface area contributed by atoms with Crippen LogP contribution < -0.4 is 10.3 Å². The van der Waals surface area contributed by atoms with E-state index in [0.717, 1.165) is 5.69 Å². The lowest BCUT2D eigenvalue weighted by Crippen LogP contribution is -2.14. The number of aromatic nitrogens is 2. The number of anilines is 1. The number of nitrogens with zero attached hydrogens (tertiary/aromatic N) is 2. The maximum atomic E-state index is 12.2. The fourth-order valence-corrected chi connectivity index (χ4v) is 2.83. The molecule has 0 saturated carbocycles. The summed E-state index contributed by atoms with van der Waals surface area (Å²) in [5, 5.41) is 11.5. The Kier molecular flexibility index (Phi) is 3.02. The number of aromatic amines is 1. The molecule has 0 saturated heterocycles. The highest BCUT2D eigenvalue weighted by molar-refractivity contribution is 6.35. The number of nitrogens with one attached hydrogen (secondary N) is 1. The second-order valence-corrected chi connectivity index (χ2v) is 5.59. The molecule has 2 aromatic heterocycles. The highest BCUT2D eigenvalue weighted by atomic mass is 35.5. The van der Waals surface area contributed by atoms with Crippen molar-refractivity contribution < 1.29 is 5.11 Å². The van der Waals surface area contributed by atoms with E-state index in [1.54, 1.807) is 11.0 Å². The fourth-order valence-electron chi connectivity index (χ4n) is 2.48. The highest BCUT2D eigenvalue weighted by Gasteiger charge is 2.18. The van der Waals surface area contributed by atoms with Crippen molar-refractivity contribution in [1.82, 2.24) is 9.97 Å². The highest BCUT2D eigenvalue weighted by Crippen LogP contribution is 2.36. The average molecular weight is 304 g/mol. The summed E-state index contributed by atoms with van der Waals surface area (Å²) < 4.78 is 0. The Balaban J connectivity index is 2.62. The molecule has 0 aliphatic carbocycles. The van der Waals surface area contributed by atoms with Gasteiger partial charge < -0.3 is 15.0 Å². The van der Waals surface area contributed by atoms with Crippen LogP contribution in [0.1, 0.15) is 5.69 Å². The van der Waals surface area contributed by atoms with E-state index in [2.05, 4.69) is 9.97 Å². The predicted molar refractivity (Wildman–Crippen MR) is 85.6 cm³/mol. The maximum Gasteiger partial charge on any atom is 0.193 e. The molecule has 21 heavy (non-hydrogen) atoms. The first kappa shape index (κ1) is 13.7. The Morgan fingerprint density at radius 2 is 2.05 bits per heavy atom. The summed E-state index contributed by atoms with van der Waals surface area (Å²) >= 11 is 6.16. The number of halogens is 1. The lowest BCUT2D eigenvalue weighted by atomic mass is 10.1. The van der Waals surface area contributed by atoms with Gasteiger partial charge in [-0.2, -0.15) is 0 Å². The van der Waals surface area contributed by atoms with Crippen LogP contribution in [0, 0.1) is 6.92 Å². The second kappa shape index (κ2) is 4.63. The normalized spacial score (nSPS) is 11.2. The van der Waals surface area contributed by atoms with Crippen LogP contribution in [0.15, 0.2) is 23.0 Å². The number of rotatable bonds is 1. The SMILES string of the molecule is Cc1ccc2c(O)c3c(=O)cc(Cl)c(N(C)C)c3nc2[nH]1. The molecule has 1 aromatic carbocycles. The minimum atomic E-state index is -0.340. The van der Waals surface area contributed by atoms with Gasteiger partial charge in [-0.15, -0.1) is 0 Å². The molecular weight excluding hydrogens is 290 g/mol. The van der Waals surface area contributed by atoms with Crippen molar-refractivity contribution in [3.05, 3.63) is 39.1 Å². The Hall–Kier alpha value is -2.27. The van der Waals surface area contributed by atoms with E-state index in [-0.39, 0.29) is 16.6 Å². The number of hydrogen-bond donors (Lipinski definition) is 2. The number of hydrogen-bond acceptors (Lipinski definition) is 4. The summed E-state index contributed by atoms with van der Waals surface area (Å²) in [4.78, 5) is 21.6. The largest absolute Gasteiger partial charge is 0.506 e. The smallest absolute Gasteiger partial charge is 0.193 e. The summed E-state index contributed by atoms with van der Waals surface area (Å²) in [6, 6.07) is 4.87. The molecule has 0 unspecified atom stereocenters. The van der Waals surface area contributed by atoms with Crippen LogP contribution in [0.4, 0.5) is 5.69 Å². The van der Waals surface area contributed by atoms with Gasteiger partial charge in [0.2, 0.25) is 0 Å². The van der Waals surface area contributed by atoms with Gasteiger partial charge in [0.25, 0.3) is 0 Å². The lowest BCUT2D eigenvalue weighted by Gasteiger charge is -2.17. The molecule has 2 heterocycles. The summed E-state index contributed by atoms with van der Waals surface area (Å²) in [6.45, 7) is 1.90. The first-order valence-electron chi connectivity index (χ1n) is 6.42. The van der Waals surface area contributed by atoms with Crippen molar-refractivity contribution >= 4 is 39.2 Å². The van der Waals surface area contributed by atoms with Gasteiger partial charge in [-0.25, -0.2) is 4.98 Å². The van der Waals surface area contributed by atoms with Gasteiger partial charge in [-0.1, -0.05) is 11.6 Å². The third-order valence-corrected chi connectivity index (χ3v) is 3.71. The van der Waals surface area contributed by atoms with Crippen molar-refractivity contribution in [2.24, 2.45) is 0 Å². The summed E-state index contributed by atoms with van der Waals surface area (Å²) in [7, 11) is 3.63. The van der Waals surface area contributed by atoms with Gasteiger partial charge in [0.1, 0.15) is 16.9 Å². The van der Waals surface area contributed by atoms with Crippen LogP contribution in [0.3, 0.4) is 0 Å². The van der Waals surface area contributed by atoms with Crippen LogP contribution in [0.2, 0.25) is 5.02 Å². The monoisotopic (exact) mass is 303 g/mol. The van der Waals surface area contributed by atoms with E-state index in [4.69, 9.17) is 11.6 Å². The van der Waals surface area contributed by atoms with Crippen molar-refractivity contribution in [3.8, 4) is 5.75 Å². The van der Waals surface area contributed by atoms with Gasteiger partial charge in [0.05, 0.1) is 21.5 Å². The zero-order chi connectivity index (χ0) is 15.3. The Labute approximate surface area is 125 Å². The number of benzene rings is 1. The predicted octanol–water partition coefficient (Wildman–Crippen LogP) is 2.81. The average Bonchev–Trinajstić information content (AvgIpc) is 2.36. The number of aryl methyl sites for hydroxylation is 1. The van der Waals surface area contributed by atoms with E-state index in [1.165, 1.54) is 6.07 Å². The molecule has 0 spiro atoms. The van der Waals surface area contributed by atoms with E-state index in [9.17, 15) is 9.90 Å². The van der Waals surface area contributed by atoms with Crippen LogP contribution >= 0.6 is 11.6 Å². The summed E-state index contributed by atoms with van der Waals surface area (Å²) in [6.07, 6.45) is 0. The van der Waals surface area contributed by atoms with Gasteiger partial charge in [-0.3, -0.25) is 4.79 Å². The Morgan fingerprint density at radius 1 is 1.33 bits per heavy atom. The van der Waals surface area contributed by atoms with Crippen LogP contribution in [-0.2, 0) is 0 Å². The van der Waals surface area contributed by atoms with Gasteiger partial charge in [0, 0.05) is 25.9 Å². The topological polar surface area (TPSA) is 69.2 Å². The molecular formula is C15H14ClN3O2. The quantitative estimate of drug-likeness (QED) is 0.678. The molecule has 0 bridgehead atoms. The lowest BCUT2D eigenvalue weighted by molar-refractivity contribution is 0.487. The van der Waals surface area contributed by atoms with Crippen molar-refractivity contribution in [3.63, 3.8) is 0 Å². The number of fused-ring (bicyclic) bond motifs is 2. The molecule has 3 aromatic rings. The maximum absolute atomic E-state index is 12.2. The Bertz CT molecular complexity index is 932. The van der Waals surface area contributed by atoms with E-state index < -0.39 is 0 Å². The molecule has 0 amide bonds. The molecule has 0 aliphatic heterocycles. The molecule has 2 N–H and O–H groups in total. The van der Waals surface area contributed by atoms with Crippen LogP contribution in [0.5, 0.6) is 5.75 Å². The Morgan fingerprint density at radius 3 is 2.71 bits per heavy atom. The van der Waals surface area contributed by atoms with Crippen molar-refractivity contribution in [2.45, 2.75) is 6.92 Å². The van der Waals surface area contributed by atoms with Crippen molar-refractivity contribution in [2.75, 3.05) is 19.0 Å². The molecule has 0 aliphatic rings. The standard InChI is InChI=1S/C15H14ClN3O2/c1-7-4-5-8-14(21)11-10(20)6-9(16)13(19(2)3)12(11)18-15(8)17-7/h4-6,21H,1-3H3,(H,17,18). The van der Waals surface area contributed by atoms with E-state index in [0.29, 0.717) is 27.3 Å². The summed E-state index contributed by atoms with van der Waals surface area (Å²) in [5.41, 5.74) is 2.09. The molecule has 0 radical (unpaired) electrons. The fraction of sp³-hybridized carbons (Fsp3) is 0.200. The first-order chi connectivity index (χ1) is 9.90. The van der Waals surface area contributed by atoms with Gasteiger partial charge in [-0.05, 0) is 19.1 Å². The van der Waals surface area contributed by atoms with Gasteiger partial charge in [0.15, 0.2) is 5.43 Å². The minimum Gasteiger partial charge on any atom is -0.506 e. The first-order valence-corrected chi connectivity index (χ1v) is 6.80. The number of pyridine rings is 2. The molecule has 0 atom stereocenters. The summed E-state index contributed by atoms with van der Waals surface area (Å²) in [5.74, 6) is -0.0731. The molecule has 108 valence electrons. The third-order valence-electron chi connectivity index (χ3n) is 3.42. The molecule has 6 heteroatoms. The minimum absolute atomic E-state index is 0.0731.